The Kier molecular flexibility index (Phi) is 19.3. The van der Waals surface area contributed by atoms with Crippen LogP contribution in [0.4, 0.5) is 0 Å². The average molecular weight is 1410 g/mol. The van der Waals surface area contributed by atoms with Gasteiger partial charge in [0.2, 0.25) is 0 Å². The summed E-state index contributed by atoms with van der Waals surface area (Å²) in [4.78, 5) is 0. The first-order chi connectivity index (χ1) is 49.4. The molecular weight excluding hydrogens is 1330 g/mol. The summed E-state index contributed by atoms with van der Waals surface area (Å²) in [5, 5.41) is 71.0. The summed E-state index contributed by atoms with van der Waals surface area (Å²) >= 11 is 0. The van der Waals surface area contributed by atoms with Gasteiger partial charge in [-0.1, -0.05) is 291 Å². The van der Waals surface area contributed by atoms with Crippen LogP contribution in [0.15, 0.2) is 340 Å². The second-order valence-corrected chi connectivity index (χ2v) is 28.5. The van der Waals surface area contributed by atoms with E-state index in [4.69, 9.17) is 18.9 Å². The van der Waals surface area contributed by atoms with E-state index < -0.39 is 58.4 Å². The Morgan fingerprint density at radius 2 is 0.314 bits per heavy atom. The van der Waals surface area contributed by atoms with Crippen molar-refractivity contribution in [2.45, 2.75) is 86.1 Å². The van der Waals surface area contributed by atoms with Gasteiger partial charge in [0.1, 0.15) is 46.8 Å². The molecule has 2 aliphatic heterocycles. The van der Waals surface area contributed by atoms with Gasteiger partial charge in [0.05, 0.1) is 0 Å². The predicted molar refractivity (Wildman–Crippen MR) is 424 cm³/mol. The van der Waals surface area contributed by atoms with E-state index in [0.29, 0.717) is 44.5 Å². The molecule has 2 fully saturated rings. The summed E-state index contributed by atoms with van der Waals surface area (Å²) in [6, 6.07) is 113. The van der Waals surface area contributed by atoms with E-state index in [2.05, 4.69) is 48.5 Å². The summed E-state index contributed by atoms with van der Waals surface area (Å²) in [7, 11) is 0. The number of fused-ring (bicyclic) bond motifs is 8. The Morgan fingerprint density at radius 1 is 0.200 bits per heavy atom. The van der Waals surface area contributed by atoms with Crippen molar-refractivity contribution in [1.29, 1.82) is 0 Å². The minimum Gasteiger partial charge on any atom is -0.378 e. The Bertz CT molecular complexity index is 4870. The van der Waals surface area contributed by atoms with Crippen LogP contribution in [-0.2, 0) is 63.1 Å². The van der Waals surface area contributed by atoms with Crippen molar-refractivity contribution in [2.24, 2.45) is 0 Å². The minimum absolute atomic E-state index is 0. The zero-order valence-electron chi connectivity index (χ0n) is 59.6. The third-order valence-electron chi connectivity index (χ3n) is 21.4. The van der Waals surface area contributed by atoms with Crippen molar-refractivity contribution >= 4 is 86.2 Å². The summed E-state index contributed by atoms with van der Waals surface area (Å²) < 4.78 is 27.6. The van der Waals surface area contributed by atoms with Crippen molar-refractivity contribution in [3.8, 4) is 0 Å². The number of ether oxygens (including phenoxy) is 4. The zero-order chi connectivity index (χ0) is 69.6. The van der Waals surface area contributed by atoms with Crippen LogP contribution in [-0.4, -0.2) is 56.4 Å². The fourth-order valence-corrected chi connectivity index (χ4v) is 16.1. The second-order valence-electron chi connectivity index (χ2n) is 28.5. The van der Waals surface area contributed by atoms with Crippen LogP contribution in [0.5, 0.6) is 0 Å². The Morgan fingerprint density at radius 3 is 0.438 bits per heavy atom. The molecule has 16 aromatic carbocycles. The Balaban J connectivity index is 0.000000172. The quantitative estimate of drug-likeness (QED) is 0.0706. The molecule has 0 spiro atoms. The average Bonchev–Trinajstić information content (AvgIpc) is 1.66. The number of benzene rings is 16. The first-order valence-corrected chi connectivity index (χ1v) is 35.0. The van der Waals surface area contributed by atoms with Crippen LogP contribution in [0.3, 0.4) is 0 Å². The van der Waals surface area contributed by atoms with Gasteiger partial charge in [-0.15, -0.1) is 0 Å². The van der Waals surface area contributed by atoms with Gasteiger partial charge in [-0.05, 0) is 207 Å². The number of hydrogen-bond donors (Lipinski definition) is 4. The van der Waals surface area contributed by atoms with Crippen LogP contribution in [0.2, 0.25) is 0 Å². The molecule has 2 heterocycles. The molecule has 18 rings (SSSR count). The summed E-state index contributed by atoms with van der Waals surface area (Å²) in [5.74, 6) is -2.31. The number of rotatable bonds is 12. The minimum atomic E-state index is -1.76. The van der Waals surface area contributed by atoms with Crippen LogP contribution >= 0.6 is 0 Å². The topological polar surface area (TPSA) is 118 Å². The summed E-state index contributed by atoms with van der Waals surface area (Å²) in [5.41, 5.74) is -1.86. The monoisotopic (exact) mass is 1410 g/mol. The molecular formula is C96H82O8Ti. The van der Waals surface area contributed by atoms with Gasteiger partial charge >= 0.3 is 21.7 Å². The fraction of sp³-hybridized carbons (Fsp3) is 0.146. The van der Waals surface area contributed by atoms with Gasteiger partial charge in [-0.25, -0.2) is 0 Å². The molecule has 2 aliphatic rings. The van der Waals surface area contributed by atoms with Gasteiger partial charge < -0.3 is 54.2 Å². The van der Waals surface area contributed by atoms with E-state index >= 15 is 0 Å². The molecule has 0 amide bonds. The maximum absolute atomic E-state index is 13.7. The molecule has 9 heteroatoms. The molecule has 8 nitrogen and oxygen atoms in total. The van der Waals surface area contributed by atoms with Gasteiger partial charge in [-0.2, -0.15) is 0 Å². The molecule has 518 valence electrons. The van der Waals surface area contributed by atoms with E-state index in [0.717, 1.165) is 86.2 Å². The summed E-state index contributed by atoms with van der Waals surface area (Å²) in [6.45, 7) is 7.40. The van der Waals surface area contributed by atoms with E-state index in [9.17, 15) is 20.4 Å². The maximum atomic E-state index is 13.7. The summed E-state index contributed by atoms with van der Waals surface area (Å²) in [6.07, 6.45) is -4.23. The molecule has 0 radical (unpaired) electrons. The molecule has 4 atom stereocenters. The molecule has 0 bridgehead atoms. The van der Waals surface area contributed by atoms with Gasteiger partial charge in [0.15, 0.2) is 11.6 Å². The van der Waals surface area contributed by atoms with Gasteiger partial charge in [0.25, 0.3) is 0 Å². The SMILES string of the molecule is CC1(C)O[C@@H](C(O)(c2ccc3ccccc3c2)c2ccc3ccccc3c2)[C@H](C(O)(c2ccc3ccccc3c2)c2ccc3ccccc3c2)O1.CC1(C)O[C@@H](C(O)(c2ccc3ccccc3c2)c2ccc3ccccc3c2)[C@H](C(O)(c2ccc3ccccc3c2)c2ccc3ccccc3c2)O1.[CH3-].[CH3-].[Ti+2]. The largest absolute Gasteiger partial charge is 2.00 e. The van der Waals surface area contributed by atoms with Crippen LogP contribution in [0, 0.1) is 14.9 Å². The van der Waals surface area contributed by atoms with E-state index in [1.807, 2.05) is 319 Å². The molecule has 16 aromatic rings. The maximum Gasteiger partial charge on any atom is 2.00 e. The van der Waals surface area contributed by atoms with Crippen molar-refractivity contribution in [3.63, 3.8) is 0 Å². The Hall–Kier alpha value is -10.0. The third-order valence-corrected chi connectivity index (χ3v) is 21.4. The van der Waals surface area contributed by atoms with E-state index in [1.54, 1.807) is 0 Å². The molecule has 0 aromatic heterocycles. The molecule has 0 unspecified atom stereocenters. The number of aliphatic hydroxyl groups is 4. The first kappa shape index (κ1) is 72.0. The van der Waals surface area contributed by atoms with Crippen molar-refractivity contribution < 1.29 is 61.1 Å². The van der Waals surface area contributed by atoms with E-state index in [-0.39, 0.29) is 36.6 Å². The normalized spacial score (nSPS) is 17.3. The van der Waals surface area contributed by atoms with Gasteiger partial charge in [-0.3, -0.25) is 0 Å². The smallest absolute Gasteiger partial charge is 0.378 e. The number of hydrogen-bond acceptors (Lipinski definition) is 8. The van der Waals surface area contributed by atoms with Crippen LogP contribution in [0.1, 0.15) is 72.2 Å². The Labute approximate surface area is 628 Å². The second kappa shape index (κ2) is 28.1. The molecule has 0 saturated carbocycles. The predicted octanol–water partition coefficient (Wildman–Crippen LogP) is 20.9. The van der Waals surface area contributed by atoms with Gasteiger partial charge in [0, 0.05) is 0 Å². The molecule has 0 aliphatic carbocycles. The fourth-order valence-electron chi connectivity index (χ4n) is 16.1. The molecule has 105 heavy (non-hydrogen) atoms. The van der Waals surface area contributed by atoms with Crippen LogP contribution < -0.4 is 0 Å². The van der Waals surface area contributed by atoms with Crippen molar-refractivity contribution in [2.75, 3.05) is 0 Å². The zero-order valence-corrected chi connectivity index (χ0v) is 61.1. The van der Waals surface area contributed by atoms with Crippen molar-refractivity contribution in [3.05, 3.63) is 399 Å². The first-order valence-electron chi connectivity index (χ1n) is 35.0. The van der Waals surface area contributed by atoms with Crippen molar-refractivity contribution in [1.82, 2.24) is 0 Å². The third kappa shape index (κ3) is 12.7. The molecule has 2 saturated heterocycles. The standard InChI is InChI=1S/2C47H38O4.2CH3.Ti/c2*1-45(2)50-43(46(48,39-23-19-31-11-3-7-15-35(31)27-39)40-24-20-32-12-4-8-16-36(32)28-40)44(51-45)47(49,41-25-21-33-13-5-9-17-37(33)29-41)42-26-22-34-14-6-10-18-38(34)30-42;;;/h2*3-30,43-44,48-49H,1-2H3;2*1H3;/q;;2*-1;+2/t2*43-,44-;;;/m11.../s1. The molecule has 4 N–H and O–H groups in total. The van der Waals surface area contributed by atoms with Crippen LogP contribution in [0.25, 0.3) is 86.2 Å². The van der Waals surface area contributed by atoms with E-state index in [1.165, 1.54) is 0 Å².